The Morgan fingerprint density at radius 2 is 1.52 bits per heavy atom. The normalized spacial score (nSPS) is 22.9. The first-order chi connectivity index (χ1) is 14.9. The maximum Gasteiger partial charge on any atom is 0.266 e. The first kappa shape index (κ1) is 20.0. The van der Waals surface area contributed by atoms with Gasteiger partial charge >= 0.3 is 0 Å². The minimum Gasteiger partial charge on any atom is -0.273 e. The Balaban J connectivity index is 1.60. The molecule has 2 aliphatic heterocycles. The van der Waals surface area contributed by atoms with E-state index in [2.05, 4.69) is 15.9 Å². The van der Waals surface area contributed by atoms with E-state index in [4.69, 9.17) is 4.84 Å². The Hall–Kier alpha value is -2.96. The maximum atomic E-state index is 13.7. The SMILES string of the molecule is Cc1cc(C)cc(N2C(=O)[C@H]3[C@@H](c4cccc(Br)c4)N(c4ccccc4)O[C@H]3C2=O)c1. The highest BCUT2D eigenvalue weighted by Crippen LogP contribution is 2.47. The third-order valence-corrected chi connectivity index (χ3v) is 6.27. The molecule has 5 rings (SSSR count). The molecule has 0 bridgehead atoms. The van der Waals surface area contributed by atoms with E-state index < -0.39 is 18.1 Å². The summed E-state index contributed by atoms with van der Waals surface area (Å²) in [7, 11) is 0. The number of carbonyl (C=O) groups is 2. The quantitative estimate of drug-likeness (QED) is 0.492. The molecule has 5 nitrogen and oxygen atoms in total. The molecule has 0 unspecified atom stereocenters. The second kappa shape index (κ2) is 7.62. The highest BCUT2D eigenvalue weighted by atomic mass is 79.9. The van der Waals surface area contributed by atoms with Crippen LogP contribution in [0.4, 0.5) is 11.4 Å². The smallest absolute Gasteiger partial charge is 0.266 e. The van der Waals surface area contributed by atoms with E-state index in [0.29, 0.717) is 5.69 Å². The van der Waals surface area contributed by atoms with Crippen LogP contribution in [0.2, 0.25) is 0 Å². The number of halogens is 1. The molecule has 6 heteroatoms. The molecule has 2 saturated heterocycles. The van der Waals surface area contributed by atoms with Crippen molar-refractivity contribution in [2.24, 2.45) is 5.92 Å². The summed E-state index contributed by atoms with van der Waals surface area (Å²) in [6.07, 6.45) is -0.863. The summed E-state index contributed by atoms with van der Waals surface area (Å²) in [6.45, 7) is 3.92. The van der Waals surface area contributed by atoms with Crippen LogP contribution in [0.25, 0.3) is 0 Å². The number of hydroxylamine groups is 1. The summed E-state index contributed by atoms with van der Waals surface area (Å²) >= 11 is 3.53. The number of rotatable bonds is 3. The molecule has 2 aliphatic rings. The van der Waals surface area contributed by atoms with Gasteiger partial charge in [0, 0.05) is 4.47 Å². The number of imide groups is 1. The van der Waals surface area contributed by atoms with Gasteiger partial charge in [0.2, 0.25) is 5.91 Å². The third-order valence-electron chi connectivity index (χ3n) is 5.78. The molecule has 156 valence electrons. The lowest BCUT2D eigenvalue weighted by molar-refractivity contribution is -0.126. The number of aryl methyl sites for hydroxylation is 2. The lowest BCUT2D eigenvalue weighted by Crippen LogP contribution is -2.37. The van der Waals surface area contributed by atoms with Gasteiger partial charge in [-0.2, -0.15) is 0 Å². The van der Waals surface area contributed by atoms with E-state index in [0.717, 1.165) is 26.9 Å². The van der Waals surface area contributed by atoms with Gasteiger partial charge in [0.05, 0.1) is 17.4 Å². The van der Waals surface area contributed by atoms with Crippen molar-refractivity contribution in [2.75, 3.05) is 9.96 Å². The van der Waals surface area contributed by atoms with Gasteiger partial charge in [0.15, 0.2) is 6.10 Å². The zero-order valence-electron chi connectivity index (χ0n) is 17.2. The van der Waals surface area contributed by atoms with Crippen molar-refractivity contribution >= 4 is 39.1 Å². The van der Waals surface area contributed by atoms with E-state index in [9.17, 15) is 9.59 Å². The van der Waals surface area contributed by atoms with E-state index in [1.165, 1.54) is 4.90 Å². The first-order valence-corrected chi connectivity index (χ1v) is 11.0. The zero-order chi connectivity index (χ0) is 21.7. The predicted molar refractivity (Wildman–Crippen MR) is 123 cm³/mol. The highest BCUT2D eigenvalue weighted by molar-refractivity contribution is 9.10. The van der Waals surface area contributed by atoms with E-state index in [1.807, 2.05) is 86.6 Å². The van der Waals surface area contributed by atoms with E-state index in [-0.39, 0.29) is 11.8 Å². The lowest BCUT2D eigenvalue weighted by Gasteiger charge is -2.29. The van der Waals surface area contributed by atoms with Crippen LogP contribution in [0.1, 0.15) is 22.7 Å². The Morgan fingerprint density at radius 3 is 2.19 bits per heavy atom. The van der Waals surface area contributed by atoms with Crippen molar-refractivity contribution < 1.29 is 14.4 Å². The van der Waals surface area contributed by atoms with Crippen molar-refractivity contribution in [2.45, 2.75) is 26.0 Å². The molecule has 2 fully saturated rings. The molecule has 0 aromatic heterocycles. The molecule has 0 radical (unpaired) electrons. The standard InChI is InChI=1S/C25H21BrN2O3/c1-15-11-16(2)13-20(12-15)27-24(29)21-22(17-7-6-8-18(26)14-17)28(31-23(21)25(27)30)19-9-4-3-5-10-19/h3-14,21-23H,1-2H3/t21-,22+,23+/m0/s1. The van der Waals surface area contributed by atoms with Crippen molar-refractivity contribution in [1.29, 1.82) is 0 Å². The molecule has 3 atom stereocenters. The van der Waals surface area contributed by atoms with Crippen LogP contribution >= 0.6 is 15.9 Å². The Bertz CT molecular complexity index is 1160. The average molecular weight is 477 g/mol. The molecule has 0 aliphatic carbocycles. The number of fused-ring (bicyclic) bond motifs is 1. The van der Waals surface area contributed by atoms with Crippen LogP contribution in [-0.4, -0.2) is 17.9 Å². The van der Waals surface area contributed by atoms with Crippen molar-refractivity contribution in [3.63, 3.8) is 0 Å². The van der Waals surface area contributed by atoms with Crippen LogP contribution in [0.15, 0.2) is 77.3 Å². The number of para-hydroxylation sites is 1. The van der Waals surface area contributed by atoms with Crippen molar-refractivity contribution in [3.05, 3.63) is 94.0 Å². The maximum absolute atomic E-state index is 13.7. The number of carbonyl (C=O) groups excluding carboxylic acids is 2. The summed E-state index contributed by atoms with van der Waals surface area (Å²) in [6, 6.07) is 22.7. The fraction of sp³-hybridized carbons (Fsp3) is 0.200. The van der Waals surface area contributed by atoms with Crippen molar-refractivity contribution in [3.8, 4) is 0 Å². The summed E-state index contributed by atoms with van der Waals surface area (Å²) < 4.78 is 0.907. The summed E-state index contributed by atoms with van der Waals surface area (Å²) in [5.41, 5.74) is 4.32. The van der Waals surface area contributed by atoms with Crippen LogP contribution < -0.4 is 9.96 Å². The van der Waals surface area contributed by atoms with Crippen LogP contribution in [0.3, 0.4) is 0 Å². The molecule has 31 heavy (non-hydrogen) atoms. The van der Waals surface area contributed by atoms with Gasteiger partial charge in [0.25, 0.3) is 5.91 Å². The monoisotopic (exact) mass is 476 g/mol. The topological polar surface area (TPSA) is 49.9 Å². The second-order valence-electron chi connectivity index (χ2n) is 8.07. The van der Waals surface area contributed by atoms with Crippen LogP contribution in [-0.2, 0) is 14.4 Å². The molecule has 3 aromatic rings. The van der Waals surface area contributed by atoms with Crippen molar-refractivity contribution in [1.82, 2.24) is 0 Å². The number of amides is 2. The fourth-order valence-corrected chi connectivity index (χ4v) is 4.99. The second-order valence-corrected chi connectivity index (χ2v) is 8.99. The number of anilines is 2. The Morgan fingerprint density at radius 1 is 0.806 bits per heavy atom. The number of nitrogens with zero attached hydrogens (tertiary/aromatic N) is 2. The number of hydrogen-bond donors (Lipinski definition) is 0. The first-order valence-electron chi connectivity index (χ1n) is 10.2. The van der Waals surface area contributed by atoms with Gasteiger partial charge in [-0.15, -0.1) is 0 Å². The highest BCUT2D eigenvalue weighted by Gasteiger charge is 2.60. The van der Waals surface area contributed by atoms with Gasteiger partial charge < -0.3 is 0 Å². The molecule has 2 amide bonds. The summed E-state index contributed by atoms with van der Waals surface area (Å²) in [5, 5.41) is 1.71. The lowest BCUT2D eigenvalue weighted by atomic mass is 9.90. The van der Waals surface area contributed by atoms with Gasteiger partial charge in [-0.05, 0) is 66.9 Å². The minimum absolute atomic E-state index is 0.233. The number of hydrogen-bond acceptors (Lipinski definition) is 4. The predicted octanol–water partition coefficient (Wildman–Crippen LogP) is 5.12. The van der Waals surface area contributed by atoms with Crippen LogP contribution in [0, 0.1) is 19.8 Å². The largest absolute Gasteiger partial charge is 0.273 e. The average Bonchev–Trinajstić information content (AvgIpc) is 3.24. The van der Waals surface area contributed by atoms with E-state index >= 15 is 0 Å². The molecule has 0 spiro atoms. The third kappa shape index (κ3) is 3.36. The molecule has 2 heterocycles. The summed E-state index contributed by atoms with van der Waals surface area (Å²) in [5.74, 6) is -1.19. The molecule has 3 aromatic carbocycles. The Kier molecular flexibility index (Phi) is 4.91. The number of benzene rings is 3. The minimum atomic E-state index is -0.863. The zero-order valence-corrected chi connectivity index (χ0v) is 18.7. The molecule has 0 N–H and O–H groups in total. The van der Waals surface area contributed by atoms with Gasteiger partial charge in [-0.25, -0.2) is 9.96 Å². The summed E-state index contributed by atoms with van der Waals surface area (Å²) in [4.78, 5) is 34.5. The molecular weight excluding hydrogens is 456 g/mol. The van der Waals surface area contributed by atoms with Gasteiger partial charge in [-0.1, -0.05) is 52.3 Å². The van der Waals surface area contributed by atoms with E-state index in [1.54, 1.807) is 5.06 Å². The molecular formula is C25H21BrN2O3. The van der Waals surface area contributed by atoms with Gasteiger partial charge in [-0.3, -0.25) is 14.4 Å². The fourth-order valence-electron chi connectivity index (χ4n) is 4.58. The Labute approximate surface area is 189 Å². The van der Waals surface area contributed by atoms with Crippen LogP contribution in [0.5, 0.6) is 0 Å². The molecule has 0 saturated carbocycles. The van der Waals surface area contributed by atoms with Gasteiger partial charge in [0.1, 0.15) is 5.92 Å².